The molecule has 1 rings (SSSR count). The van der Waals surface area contributed by atoms with Crippen molar-refractivity contribution in [2.75, 3.05) is 0 Å². The molecule has 0 saturated heterocycles. The van der Waals surface area contributed by atoms with E-state index in [0.717, 1.165) is 12.3 Å². The van der Waals surface area contributed by atoms with Crippen molar-refractivity contribution < 1.29 is 31.4 Å². The number of aromatic hydroxyl groups is 1. The second-order valence-corrected chi connectivity index (χ2v) is 2.79. The van der Waals surface area contributed by atoms with Crippen molar-refractivity contribution in [3.8, 4) is 5.75 Å². The van der Waals surface area contributed by atoms with Gasteiger partial charge in [-0.05, 0) is 6.07 Å². The molecule has 0 amide bonds. The maximum Gasteiger partial charge on any atom is 0.406 e. The Morgan fingerprint density at radius 3 is 1.80 bits per heavy atom. The zero-order valence-electron chi connectivity index (χ0n) is 6.95. The molecular formula is C7H5F6NO. The molecule has 2 N–H and O–H groups in total. The lowest BCUT2D eigenvalue weighted by atomic mass is 10.0. The normalized spacial score (nSPS) is 13.5. The fraction of sp³-hybridized carbons (Fsp3) is 0.429. The molecule has 0 aromatic carbocycles. The number of H-pyrrole nitrogens is 1. The van der Waals surface area contributed by atoms with Gasteiger partial charge >= 0.3 is 12.4 Å². The van der Waals surface area contributed by atoms with Gasteiger partial charge in [-0.2, -0.15) is 26.3 Å². The molecule has 15 heavy (non-hydrogen) atoms. The summed E-state index contributed by atoms with van der Waals surface area (Å²) in [7, 11) is 0. The largest absolute Gasteiger partial charge is 0.506 e. The zero-order valence-corrected chi connectivity index (χ0v) is 6.95. The van der Waals surface area contributed by atoms with Crippen molar-refractivity contribution in [2.45, 2.75) is 18.3 Å². The molecule has 1 heterocycles. The molecular weight excluding hydrogens is 228 g/mol. The molecule has 0 aliphatic heterocycles. The predicted molar refractivity (Wildman–Crippen MR) is 37.3 cm³/mol. The first-order valence-corrected chi connectivity index (χ1v) is 3.63. The lowest BCUT2D eigenvalue weighted by Gasteiger charge is -2.22. The number of aromatic nitrogens is 1. The predicted octanol–water partition coefficient (Wildman–Crippen LogP) is 2.93. The van der Waals surface area contributed by atoms with Crippen molar-refractivity contribution in [1.29, 1.82) is 0 Å². The topological polar surface area (TPSA) is 36.0 Å². The average Bonchev–Trinajstić information content (AvgIpc) is 2.30. The van der Waals surface area contributed by atoms with E-state index in [-0.39, 0.29) is 0 Å². The van der Waals surface area contributed by atoms with E-state index < -0.39 is 29.7 Å². The van der Waals surface area contributed by atoms with Crippen LogP contribution in [-0.4, -0.2) is 22.4 Å². The smallest absolute Gasteiger partial charge is 0.406 e. The van der Waals surface area contributed by atoms with Crippen molar-refractivity contribution in [3.63, 3.8) is 0 Å². The maximum atomic E-state index is 12.1. The molecule has 0 atom stereocenters. The van der Waals surface area contributed by atoms with Gasteiger partial charge in [0, 0.05) is 6.20 Å². The van der Waals surface area contributed by atoms with Gasteiger partial charge in [0.1, 0.15) is 5.75 Å². The summed E-state index contributed by atoms with van der Waals surface area (Å²) >= 11 is 0. The Labute approximate surface area is 79.5 Å². The highest BCUT2D eigenvalue weighted by Crippen LogP contribution is 2.47. The van der Waals surface area contributed by atoms with Crippen LogP contribution in [0.25, 0.3) is 0 Å². The number of nitrogens with one attached hydrogen (secondary N) is 1. The molecule has 0 spiro atoms. The highest BCUT2D eigenvalue weighted by atomic mass is 19.4. The van der Waals surface area contributed by atoms with E-state index in [0.29, 0.717) is 0 Å². The molecule has 1 aromatic heterocycles. The minimum absolute atomic E-state index is 0.722. The van der Waals surface area contributed by atoms with Gasteiger partial charge in [-0.15, -0.1) is 0 Å². The Morgan fingerprint density at radius 1 is 1.07 bits per heavy atom. The third-order valence-corrected chi connectivity index (χ3v) is 1.70. The Balaban J connectivity index is 3.20. The van der Waals surface area contributed by atoms with Crippen LogP contribution in [0.3, 0.4) is 0 Å². The first-order valence-electron chi connectivity index (χ1n) is 3.63. The number of halogens is 6. The fourth-order valence-electron chi connectivity index (χ4n) is 1.12. The van der Waals surface area contributed by atoms with Crippen LogP contribution in [0.5, 0.6) is 5.75 Å². The zero-order chi connectivity index (χ0) is 11.9. The summed E-state index contributed by atoms with van der Waals surface area (Å²) in [5.41, 5.74) is -1.30. The van der Waals surface area contributed by atoms with E-state index in [4.69, 9.17) is 5.11 Å². The van der Waals surface area contributed by atoms with Gasteiger partial charge in [0.15, 0.2) is 5.92 Å². The third kappa shape index (κ3) is 2.37. The van der Waals surface area contributed by atoms with Crippen LogP contribution in [0.2, 0.25) is 0 Å². The van der Waals surface area contributed by atoms with E-state index in [1.165, 1.54) is 0 Å². The first-order chi connectivity index (χ1) is 6.64. The molecule has 1 aromatic rings. The van der Waals surface area contributed by atoms with Crippen molar-refractivity contribution in [3.05, 3.63) is 18.0 Å². The molecule has 86 valence electrons. The fourth-order valence-corrected chi connectivity index (χ4v) is 1.12. The van der Waals surface area contributed by atoms with E-state index in [9.17, 15) is 26.3 Å². The van der Waals surface area contributed by atoms with E-state index >= 15 is 0 Å². The summed E-state index contributed by atoms with van der Waals surface area (Å²) in [6.07, 6.45) is -10.2. The monoisotopic (exact) mass is 233 g/mol. The molecule has 2 nitrogen and oxygen atoms in total. The van der Waals surface area contributed by atoms with Crippen molar-refractivity contribution >= 4 is 0 Å². The Bertz CT molecular complexity index is 324. The summed E-state index contributed by atoms with van der Waals surface area (Å²) in [5.74, 6) is -4.75. The number of aromatic amines is 1. The van der Waals surface area contributed by atoms with Crippen LogP contribution in [0, 0.1) is 0 Å². The molecule has 8 heteroatoms. The molecule has 0 radical (unpaired) electrons. The van der Waals surface area contributed by atoms with Crippen molar-refractivity contribution in [2.24, 2.45) is 0 Å². The van der Waals surface area contributed by atoms with Crippen LogP contribution in [0.4, 0.5) is 26.3 Å². The van der Waals surface area contributed by atoms with Gasteiger partial charge in [-0.25, -0.2) is 0 Å². The van der Waals surface area contributed by atoms with Gasteiger partial charge in [0.25, 0.3) is 0 Å². The van der Waals surface area contributed by atoms with Gasteiger partial charge < -0.3 is 10.1 Å². The van der Waals surface area contributed by atoms with Crippen LogP contribution in [-0.2, 0) is 0 Å². The SMILES string of the molecule is Oc1cc[nH]c1C(C(F)(F)F)C(F)(F)F. The van der Waals surface area contributed by atoms with E-state index in [2.05, 4.69) is 0 Å². The summed E-state index contributed by atoms with van der Waals surface area (Å²) < 4.78 is 72.6. The average molecular weight is 233 g/mol. The molecule has 0 saturated carbocycles. The summed E-state index contributed by atoms with van der Waals surface area (Å²) in [6.45, 7) is 0. The molecule has 0 aliphatic rings. The van der Waals surface area contributed by atoms with Crippen molar-refractivity contribution in [1.82, 2.24) is 4.98 Å². The summed E-state index contributed by atoms with van der Waals surface area (Å²) in [5, 5.41) is 8.82. The number of alkyl halides is 6. The van der Waals surface area contributed by atoms with E-state index in [1.807, 2.05) is 0 Å². The maximum absolute atomic E-state index is 12.1. The number of rotatable bonds is 1. The lowest BCUT2D eigenvalue weighted by molar-refractivity contribution is -0.254. The third-order valence-electron chi connectivity index (χ3n) is 1.70. The van der Waals surface area contributed by atoms with Crippen LogP contribution >= 0.6 is 0 Å². The van der Waals surface area contributed by atoms with Gasteiger partial charge in [-0.3, -0.25) is 0 Å². The quantitative estimate of drug-likeness (QED) is 0.719. The van der Waals surface area contributed by atoms with Crippen LogP contribution in [0.15, 0.2) is 12.3 Å². The Hall–Kier alpha value is -1.34. The van der Waals surface area contributed by atoms with E-state index in [1.54, 1.807) is 4.98 Å². The minimum Gasteiger partial charge on any atom is -0.506 e. The van der Waals surface area contributed by atoms with Gasteiger partial charge in [-0.1, -0.05) is 0 Å². The Kier molecular flexibility index (Phi) is 2.62. The summed E-state index contributed by atoms with van der Waals surface area (Å²) in [4.78, 5) is 1.73. The highest BCUT2D eigenvalue weighted by Gasteiger charge is 2.59. The number of hydrogen-bond acceptors (Lipinski definition) is 1. The second-order valence-electron chi connectivity index (χ2n) is 2.79. The highest BCUT2D eigenvalue weighted by molar-refractivity contribution is 5.31. The molecule has 0 fully saturated rings. The molecule has 0 aliphatic carbocycles. The molecule has 0 bridgehead atoms. The number of hydrogen-bond donors (Lipinski definition) is 2. The molecule has 0 unspecified atom stereocenters. The first kappa shape index (κ1) is 11.7. The van der Waals surface area contributed by atoms with Crippen LogP contribution in [0.1, 0.15) is 11.6 Å². The Morgan fingerprint density at radius 2 is 1.53 bits per heavy atom. The minimum atomic E-state index is -5.50. The lowest BCUT2D eigenvalue weighted by Crippen LogP contribution is -2.34. The second kappa shape index (κ2) is 3.35. The summed E-state index contributed by atoms with van der Waals surface area (Å²) in [6, 6.07) is 0.722. The van der Waals surface area contributed by atoms with Gasteiger partial charge in [0.05, 0.1) is 5.69 Å². The van der Waals surface area contributed by atoms with Crippen LogP contribution < -0.4 is 0 Å². The van der Waals surface area contributed by atoms with Gasteiger partial charge in [0.2, 0.25) is 0 Å². The standard InChI is InChI=1S/C7H5F6NO/c8-6(9,10)5(7(11,12)13)4-3(15)1-2-14-4/h1-2,5,14-15H.